The van der Waals surface area contributed by atoms with Crippen molar-refractivity contribution in [1.29, 1.82) is 0 Å². The monoisotopic (exact) mass is 898 g/mol. The van der Waals surface area contributed by atoms with Gasteiger partial charge in [0.15, 0.2) is 11.9 Å². The van der Waals surface area contributed by atoms with Crippen LogP contribution >= 0.6 is 0 Å². The van der Waals surface area contributed by atoms with Crippen molar-refractivity contribution in [2.24, 2.45) is 50.5 Å². The molecule has 7 atom stereocenters. The van der Waals surface area contributed by atoms with Crippen LogP contribution in [0.4, 0.5) is 0 Å². The number of carboxylic acids is 1. The molecule has 0 saturated carbocycles. The average molecular weight is 898 g/mol. The van der Waals surface area contributed by atoms with E-state index in [0.29, 0.717) is 12.8 Å². The fraction of sp³-hybridized carbons (Fsp3) is 0.703. The first-order chi connectivity index (χ1) is 29.7. The summed E-state index contributed by atoms with van der Waals surface area (Å²) in [7, 11) is 0. The predicted octanol–water partition coefficient (Wildman–Crippen LogP) is -6.52. The van der Waals surface area contributed by atoms with Crippen LogP contribution in [-0.2, 0) is 43.2 Å². The number of likely N-dealkylation sites (tertiary alicyclic amines) is 1. The van der Waals surface area contributed by atoms with Crippen LogP contribution in [-0.4, -0.2) is 162 Å². The minimum Gasteiger partial charge on any atom is -0.480 e. The molecule has 0 spiro atoms. The average Bonchev–Trinajstić information content (AvgIpc) is 3.73. The number of aliphatic carboxylic acids is 1. The molecular formula is C37H67N15O11. The molecular weight excluding hydrogens is 831 g/mol. The van der Waals surface area contributed by atoms with Gasteiger partial charge in [-0.15, -0.1) is 0 Å². The zero-order chi connectivity index (χ0) is 47.8. The molecule has 1 fully saturated rings. The Balaban J connectivity index is 3.25. The van der Waals surface area contributed by atoms with Gasteiger partial charge in [0, 0.05) is 19.6 Å². The maximum absolute atomic E-state index is 14.2. The highest BCUT2D eigenvalue weighted by molar-refractivity contribution is 5.98. The third-order valence-electron chi connectivity index (χ3n) is 9.90. The Kier molecular flexibility index (Phi) is 24.6. The maximum Gasteiger partial charge on any atom is 0.322 e. The number of amides is 8. The Morgan fingerprint density at radius 3 is 1.79 bits per heavy atom. The zero-order valence-corrected chi connectivity index (χ0v) is 36.3. The lowest BCUT2D eigenvalue weighted by molar-refractivity contribution is -0.143. The Bertz CT molecular complexity index is 1650. The molecule has 1 heterocycles. The lowest BCUT2D eigenvalue weighted by Crippen LogP contribution is -2.61. The molecule has 0 aromatic carbocycles. The largest absolute Gasteiger partial charge is 0.480 e. The molecule has 1 saturated heterocycles. The van der Waals surface area contributed by atoms with Crippen LogP contribution in [0.2, 0.25) is 0 Å². The van der Waals surface area contributed by atoms with Crippen LogP contribution in [0, 0.1) is 11.8 Å². The molecule has 19 N–H and O–H groups in total. The van der Waals surface area contributed by atoms with Gasteiger partial charge in [0.25, 0.3) is 0 Å². The lowest BCUT2D eigenvalue weighted by Gasteiger charge is -2.32. The molecule has 0 radical (unpaired) electrons. The number of hydrogen-bond acceptors (Lipinski definition) is 13. The van der Waals surface area contributed by atoms with Gasteiger partial charge in [-0.3, -0.25) is 53.1 Å². The van der Waals surface area contributed by atoms with Gasteiger partial charge >= 0.3 is 5.97 Å². The van der Waals surface area contributed by atoms with Gasteiger partial charge in [-0.05, 0) is 50.4 Å². The van der Waals surface area contributed by atoms with Gasteiger partial charge in [0.05, 0.1) is 19.7 Å². The molecule has 0 unspecified atom stereocenters. The number of aliphatic imine (C=N–C) groups is 2. The van der Waals surface area contributed by atoms with Gasteiger partial charge in [-0.25, -0.2) is 0 Å². The normalized spacial score (nSPS) is 16.1. The summed E-state index contributed by atoms with van der Waals surface area (Å²) in [6.45, 7) is 4.48. The summed E-state index contributed by atoms with van der Waals surface area (Å²) in [5.41, 5.74) is 27.2. The third-order valence-corrected chi connectivity index (χ3v) is 9.90. The predicted molar refractivity (Wildman–Crippen MR) is 228 cm³/mol. The molecule has 356 valence electrons. The van der Waals surface area contributed by atoms with Crippen LogP contribution in [0.5, 0.6) is 0 Å². The van der Waals surface area contributed by atoms with Crippen LogP contribution < -0.4 is 65.9 Å². The number of hydrogen-bond donors (Lipinski definition) is 14. The third kappa shape index (κ3) is 20.0. The first-order valence-electron chi connectivity index (χ1n) is 20.7. The number of nitrogens with zero attached hydrogens (tertiary/aromatic N) is 3. The molecule has 63 heavy (non-hydrogen) atoms. The Morgan fingerprint density at radius 1 is 0.698 bits per heavy atom. The van der Waals surface area contributed by atoms with Crippen LogP contribution in [0.1, 0.15) is 72.6 Å². The van der Waals surface area contributed by atoms with E-state index in [2.05, 4.69) is 47.2 Å². The van der Waals surface area contributed by atoms with Crippen molar-refractivity contribution in [3.63, 3.8) is 0 Å². The quantitative estimate of drug-likeness (QED) is 0.0197. The van der Waals surface area contributed by atoms with Gasteiger partial charge in [-0.2, -0.15) is 0 Å². The fourth-order valence-electron chi connectivity index (χ4n) is 6.27. The van der Waals surface area contributed by atoms with E-state index in [1.807, 2.05) is 0 Å². The first-order valence-corrected chi connectivity index (χ1v) is 20.7. The fourth-order valence-corrected chi connectivity index (χ4v) is 6.27. The molecule has 26 heteroatoms. The van der Waals surface area contributed by atoms with Crippen molar-refractivity contribution in [1.82, 2.24) is 42.1 Å². The van der Waals surface area contributed by atoms with E-state index >= 15 is 0 Å². The highest BCUT2D eigenvalue weighted by Crippen LogP contribution is 2.21. The second-order valence-electron chi connectivity index (χ2n) is 15.2. The number of nitrogens with two attached hydrogens (primary N) is 5. The number of aliphatic hydroxyl groups excluding tert-OH is 1. The van der Waals surface area contributed by atoms with Crippen LogP contribution in [0.25, 0.3) is 0 Å². The zero-order valence-electron chi connectivity index (χ0n) is 36.3. The summed E-state index contributed by atoms with van der Waals surface area (Å²) < 4.78 is 0. The number of carbonyl (C=O) groups excluding carboxylic acids is 8. The van der Waals surface area contributed by atoms with E-state index in [-0.39, 0.29) is 63.7 Å². The van der Waals surface area contributed by atoms with Crippen molar-refractivity contribution in [3.05, 3.63) is 0 Å². The number of carbonyl (C=O) groups is 9. The van der Waals surface area contributed by atoms with E-state index in [1.165, 1.54) is 4.90 Å². The molecule has 0 aliphatic carbocycles. The van der Waals surface area contributed by atoms with Crippen molar-refractivity contribution in [3.8, 4) is 0 Å². The molecule has 26 nitrogen and oxygen atoms in total. The summed E-state index contributed by atoms with van der Waals surface area (Å²) in [5.74, 6) is -8.73. The van der Waals surface area contributed by atoms with Crippen LogP contribution in [0.3, 0.4) is 0 Å². The summed E-state index contributed by atoms with van der Waals surface area (Å²) >= 11 is 0. The molecule has 1 aliphatic heterocycles. The van der Waals surface area contributed by atoms with Crippen molar-refractivity contribution in [2.75, 3.05) is 45.9 Å². The van der Waals surface area contributed by atoms with Gasteiger partial charge in [0.2, 0.25) is 47.3 Å². The van der Waals surface area contributed by atoms with E-state index in [4.69, 9.17) is 33.8 Å². The highest BCUT2D eigenvalue weighted by atomic mass is 16.4. The molecule has 0 bridgehead atoms. The van der Waals surface area contributed by atoms with E-state index in [1.54, 1.807) is 27.7 Å². The molecule has 0 aromatic rings. The van der Waals surface area contributed by atoms with E-state index < -0.39 is 128 Å². The minimum atomic E-state index is -1.55. The molecule has 0 aromatic heterocycles. The molecule has 1 aliphatic rings. The first kappa shape index (κ1) is 54.7. The summed E-state index contributed by atoms with van der Waals surface area (Å²) in [6.07, 6.45) is 1.63. The lowest BCUT2D eigenvalue weighted by atomic mass is 9.96. The molecule has 1 rings (SSSR count). The summed E-state index contributed by atoms with van der Waals surface area (Å²) in [6, 6.07) is -7.43. The number of carboxylic acid groups (broad SMARTS) is 1. The van der Waals surface area contributed by atoms with Crippen molar-refractivity contribution >= 4 is 65.1 Å². The Hall–Kier alpha value is -6.31. The maximum atomic E-state index is 14.2. The Morgan fingerprint density at radius 2 is 1.27 bits per heavy atom. The highest BCUT2D eigenvalue weighted by Gasteiger charge is 2.40. The van der Waals surface area contributed by atoms with Gasteiger partial charge in [-0.1, -0.05) is 34.1 Å². The summed E-state index contributed by atoms with van der Waals surface area (Å²) in [4.78, 5) is 126. The minimum absolute atomic E-state index is 0.0365. The SMILES string of the molecule is CC[C@H](C)[C@H](NC(=O)[C@@H](NC(=O)[C@@H]1CCCN1C(=O)[C@H](CCCN=C(N)N)NC(=O)[C@H](CCCN=C(N)N)NC(=O)CN)C(C)C)C(=O)N[C@@H](CO)C(=O)NCC(=O)NCC(=O)O. The standard InChI is InChI=1S/C37H67N15O11/c1-5-20(4)29(34(62)49-23(18-53)30(58)46-16-26(55)45-17-27(56)57)51-33(61)28(19(2)3)50-32(60)24-11-8-14-52(24)35(63)22(10-7-13-44-37(41)42)48-31(59)21(47-25(54)15-38)9-6-12-43-36(39)40/h19-24,28-29,53H,5-18,38H2,1-4H3,(H,45,55)(H,46,58)(H,47,54)(H,48,59)(H,49,62)(H,50,60)(H,51,61)(H,56,57)(H4,39,40,43)(H4,41,42,44)/t20-,21-,22-,23-,24-,28-,29-/m0/s1. The van der Waals surface area contributed by atoms with E-state index in [0.717, 1.165) is 0 Å². The number of rotatable bonds is 28. The summed E-state index contributed by atoms with van der Waals surface area (Å²) in [5, 5.41) is 35.7. The smallest absolute Gasteiger partial charge is 0.322 e. The molecule has 8 amide bonds. The number of nitrogens with one attached hydrogen (secondary N) is 7. The Labute approximate surface area is 365 Å². The van der Waals surface area contributed by atoms with Crippen molar-refractivity contribution < 1.29 is 53.4 Å². The van der Waals surface area contributed by atoms with Gasteiger partial charge < -0.3 is 81.0 Å². The van der Waals surface area contributed by atoms with Crippen molar-refractivity contribution in [2.45, 2.75) is 109 Å². The second-order valence-corrected chi connectivity index (χ2v) is 15.2. The van der Waals surface area contributed by atoms with E-state index in [9.17, 15) is 48.3 Å². The number of guanidine groups is 2. The second kappa shape index (κ2) is 28.3. The van der Waals surface area contributed by atoms with Crippen LogP contribution in [0.15, 0.2) is 9.98 Å². The number of aliphatic hydroxyl groups is 1. The topological polar surface area (TPSA) is 436 Å². The van der Waals surface area contributed by atoms with Gasteiger partial charge in [0.1, 0.15) is 42.8 Å².